The van der Waals surface area contributed by atoms with Gasteiger partial charge in [-0.2, -0.15) is 0 Å². The number of aryl methyl sites for hydroxylation is 1. The highest BCUT2D eigenvalue weighted by molar-refractivity contribution is 7.10. The third-order valence-electron chi connectivity index (χ3n) is 4.09. The molecule has 3 aromatic rings. The number of benzene rings is 1. The third kappa shape index (κ3) is 2.41. The number of halogens is 1. The Morgan fingerprint density at radius 1 is 1.24 bits per heavy atom. The summed E-state index contributed by atoms with van der Waals surface area (Å²) in [4.78, 5) is 5.94. The molecule has 1 aliphatic rings. The number of hydrogen-bond acceptors (Lipinski definition) is 3. The molecule has 1 aromatic carbocycles. The van der Waals surface area contributed by atoms with E-state index in [1.165, 1.54) is 29.7 Å². The average Bonchev–Trinajstić information content (AvgIpc) is 2.97. The summed E-state index contributed by atoms with van der Waals surface area (Å²) >= 11 is 7.93. The van der Waals surface area contributed by atoms with E-state index >= 15 is 0 Å². The highest BCUT2D eigenvalue weighted by atomic mass is 35.5. The maximum atomic E-state index is 6.06. The number of rotatable bonds is 2. The summed E-state index contributed by atoms with van der Waals surface area (Å²) in [6, 6.07) is 10.6. The van der Waals surface area contributed by atoms with Crippen LogP contribution in [0.15, 0.2) is 41.9 Å². The SMILES string of the molecule is Clc1ccc2c(NC3CCCc4sccc43)ccnc2c1. The number of aromatic nitrogens is 1. The number of thiophene rings is 1. The van der Waals surface area contributed by atoms with Gasteiger partial charge in [0.15, 0.2) is 0 Å². The van der Waals surface area contributed by atoms with E-state index < -0.39 is 0 Å². The molecule has 2 aromatic heterocycles. The first kappa shape index (κ1) is 13.1. The molecule has 0 aliphatic heterocycles. The third-order valence-corrected chi connectivity index (χ3v) is 5.32. The number of fused-ring (bicyclic) bond motifs is 2. The van der Waals surface area contributed by atoms with Crippen molar-refractivity contribution < 1.29 is 0 Å². The molecular formula is C17H15ClN2S. The number of nitrogens with one attached hydrogen (secondary N) is 1. The number of nitrogens with zero attached hydrogens (tertiary/aromatic N) is 1. The van der Waals surface area contributed by atoms with E-state index in [0.29, 0.717) is 6.04 Å². The first-order chi connectivity index (χ1) is 10.3. The van der Waals surface area contributed by atoms with Crippen LogP contribution >= 0.6 is 22.9 Å². The molecule has 0 fully saturated rings. The molecule has 0 amide bonds. The molecule has 1 unspecified atom stereocenters. The minimum atomic E-state index is 0.404. The van der Waals surface area contributed by atoms with Crippen LogP contribution in [0.4, 0.5) is 5.69 Å². The van der Waals surface area contributed by atoms with Crippen LogP contribution < -0.4 is 5.32 Å². The van der Waals surface area contributed by atoms with Crippen LogP contribution in [0, 0.1) is 0 Å². The fourth-order valence-corrected chi connectivity index (χ4v) is 4.23. The lowest BCUT2D eigenvalue weighted by molar-refractivity contribution is 0.609. The predicted octanol–water partition coefficient (Wildman–Crippen LogP) is 5.44. The van der Waals surface area contributed by atoms with Crippen molar-refractivity contribution in [3.05, 3.63) is 57.4 Å². The molecule has 2 heterocycles. The summed E-state index contributed by atoms with van der Waals surface area (Å²) < 4.78 is 0. The van der Waals surface area contributed by atoms with Gasteiger partial charge in [0.05, 0.1) is 11.6 Å². The van der Waals surface area contributed by atoms with Crippen molar-refractivity contribution >= 4 is 39.5 Å². The zero-order valence-electron chi connectivity index (χ0n) is 11.5. The molecule has 1 atom stereocenters. The molecule has 2 nitrogen and oxygen atoms in total. The molecule has 4 rings (SSSR count). The quantitative estimate of drug-likeness (QED) is 0.681. The molecular weight excluding hydrogens is 300 g/mol. The van der Waals surface area contributed by atoms with Gasteiger partial charge in [0.25, 0.3) is 0 Å². The number of hydrogen-bond donors (Lipinski definition) is 1. The first-order valence-electron chi connectivity index (χ1n) is 7.18. The predicted molar refractivity (Wildman–Crippen MR) is 90.4 cm³/mol. The molecule has 1 aliphatic carbocycles. The van der Waals surface area contributed by atoms with Crippen LogP contribution in [0.1, 0.15) is 29.3 Å². The summed E-state index contributed by atoms with van der Waals surface area (Å²) in [5.74, 6) is 0. The normalized spacial score (nSPS) is 17.7. The molecule has 0 saturated carbocycles. The molecule has 21 heavy (non-hydrogen) atoms. The van der Waals surface area contributed by atoms with Crippen LogP contribution in [-0.4, -0.2) is 4.98 Å². The van der Waals surface area contributed by atoms with Gasteiger partial charge >= 0.3 is 0 Å². The average molecular weight is 315 g/mol. The van der Waals surface area contributed by atoms with Gasteiger partial charge < -0.3 is 5.32 Å². The van der Waals surface area contributed by atoms with E-state index in [1.807, 2.05) is 35.7 Å². The maximum absolute atomic E-state index is 6.06. The Morgan fingerprint density at radius 3 is 3.14 bits per heavy atom. The minimum Gasteiger partial charge on any atom is -0.378 e. The lowest BCUT2D eigenvalue weighted by Gasteiger charge is -2.25. The van der Waals surface area contributed by atoms with E-state index in [1.54, 1.807) is 0 Å². The zero-order valence-corrected chi connectivity index (χ0v) is 13.0. The van der Waals surface area contributed by atoms with Gasteiger partial charge in [-0.1, -0.05) is 11.6 Å². The number of pyridine rings is 1. The van der Waals surface area contributed by atoms with Gasteiger partial charge in [-0.25, -0.2) is 0 Å². The van der Waals surface area contributed by atoms with E-state index in [0.717, 1.165) is 21.6 Å². The molecule has 106 valence electrons. The summed E-state index contributed by atoms with van der Waals surface area (Å²) in [5.41, 5.74) is 3.54. The van der Waals surface area contributed by atoms with Crippen molar-refractivity contribution in [2.24, 2.45) is 0 Å². The minimum absolute atomic E-state index is 0.404. The first-order valence-corrected chi connectivity index (χ1v) is 8.44. The van der Waals surface area contributed by atoms with Crippen molar-refractivity contribution in [3.8, 4) is 0 Å². The van der Waals surface area contributed by atoms with Crippen LogP contribution in [0.25, 0.3) is 10.9 Å². The standard InChI is InChI=1S/C17H15ClN2S/c18-11-4-5-12-15(6-8-19-16(12)10-11)20-14-2-1-3-17-13(14)7-9-21-17/h4-10,14H,1-3H2,(H,19,20). The molecule has 0 spiro atoms. The monoisotopic (exact) mass is 314 g/mol. The van der Waals surface area contributed by atoms with Gasteiger partial charge in [-0.15, -0.1) is 11.3 Å². The van der Waals surface area contributed by atoms with Gasteiger partial charge in [0, 0.05) is 27.2 Å². The van der Waals surface area contributed by atoms with Crippen molar-refractivity contribution in [2.75, 3.05) is 5.32 Å². The lowest BCUT2D eigenvalue weighted by Crippen LogP contribution is -2.15. The second-order valence-electron chi connectivity index (χ2n) is 5.41. The number of anilines is 1. The molecule has 0 bridgehead atoms. The summed E-state index contributed by atoms with van der Waals surface area (Å²) in [5, 5.41) is 7.77. The summed E-state index contributed by atoms with van der Waals surface area (Å²) in [7, 11) is 0. The van der Waals surface area contributed by atoms with Gasteiger partial charge in [-0.3, -0.25) is 4.98 Å². The second-order valence-corrected chi connectivity index (χ2v) is 6.85. The second kappa shape index (κ2) is 5.32. The Bertz CT molecular complexity index is 796. The largest absolute Gasteiger partial charge is 0.378 e. The van der Waals surface area contributed by atoms with Crippen molar-refractivity contribution in [1.82, 2.24) is 4.98 Å². The maximum Gasteiger partial charge on any atom is 0.0737 e. The van der Waals surface area contributed by atoms with Crippen LogP contribution in [-0.2, 0) is 6.42 Å². The fraction of sp³-hybridized carbons (Fsp3) is 0.235. The van der Waals surface area contributed by atoms with Crippen molar-refractivity contribution in [3.63, 3.8) is 0 Å². The van der Waals surface area contributed by atoms with E-state index in [-0.39, 0.29) is 0 Å². The highest BCUT2D eigenvalue weighted by Gasteiger charge is 2.21. The summed E-state index contributed by atoms with van der Waals surface area (Å²) in [6.07, 6.45) is 5.50. The molecule has 0 saturated heterocycles. The Kier molecular flexibility index (Phi) is 3.32. The van der Waals surface area contributed by atoms with Crippen LogP contribution in [0.3, 0.4) is 0 Å². The van der Waals surface area contributed by atoms with E-state index in [2.05, 4.69) is 27.8 Å². The fourth-order valence-electron chi connectivity index (χ4n) is 3.07. The Balaban J connectivity index is 1.73. The van der Waals surface area contributed by atoms with Gasteiger partial charge in [0.1, 0.15) is 0 Å². The van der Waals surface area contributed by atoms with Crippen molar-refractivity contribution in [2.45, 2.75) is 25.3 Å². The highest BCUT2D eigenvalue weighted by Crippen LogP contribution is 2.36. The Labute approximate surface area is 132 Å². The summed E-state index contributed by atoms with van der Waals surface area (Å²) in [6.45, 7) is 0. The lowest BCUT2D eigenvalue weighted by atomic mass is 9.93. The molecule has 4 heteroatoms. The van der Waals surface area contributed by atoms with Crippen LogP contribution in [0.2, 0.25) is 5.02 Å². The van der Waals surface area contributed by atoms with E-state index in [4.69, 9.17) is 11.6 Å². The van der Waals surface area contributed by atoms with Crippen LogP contribution in [0.5, 0.6) is 0 Å². The smallest absolute Gasteiger partial charge is 0.0737 e. The Morgan fingerprint density at radius 2 is 2.19 bits per heavy atom. The van der Waals surface area contributed by atoms with E-state index in [9.17, 15) is 0 Å². The topological polar surface area (TPSA) is 24.9 Å². The van der Waals surface area contributed by atoms with Gasteiger partial charge in [-0.05, 0) is 60.5 Å². The molecule has 1 N–H and O–H groups in total. The Hall–Kier alpha value is -1.58. The zero-order chi connectivity index (χ0) is 14.2. The van der Waals surface area contributed by atoms with Crippen molar-refractivity contribution in [1.29, 1.82) is 0 Å². The van der Waals surface area contributed by atoms with Gasteiger partial charge in [0.2, 0.25) is 0 Å². The molecule has 0 radical (unpaired) electrons.